The van der Waals surface area contributed by atoms with Crippen LogP contribution in [0.4, 0.5) is 8.78 Å². The molecular weight excluding hydrogens is 408 g/mol. The molecule has 148 valence electrons. The zero-order chi connectivity index (χ0) is 20.8. The molecule has 0 saturated carbocycles. The van der Waals surface area contributed by atoms with E-state index >= 15 is 0 Å². The van der Waals surface area contributed by atoms with Gasteiger partial charge in [0.2, 0.25) is 0 Å². The number of carbonyl (C=O) groups excluding carboxylic acids is 1. The van der Waals surface area contributed by atoms with Crippen LogP contribution in [0.5, 0.6) is 0 Å². The predicted molar refractivity (Wildman–Crippen MR) is 121 cm³/mol. The Morgan fingerprint density at radius 2 is 1.48 bits per heavy atom. The van der Waals surface area contributed by atoms with E-state index in [4.69, 9.17) is 12.2 Å². The van der Waals surface area contributed by atoms with Gasteiger partial charge in [0.25, 0.3) is 0 Å². The Kier molecular flexibility index (Phi) is 7.12. The second kappa shape index (κ2) is 9.76. The van der Waals surface area contributed by atoms with Crippen LogP contribution < -0.4 is 0 Å². The predicted octanol–water partition coefficient (Wildman–Crippen LogP) is 5.52. The average molecular weight is 428 g/mol. The third-order valence-corrected chi connectivity index (χ3v) is 5.88. The Morgan fingerprint density at radius 3 is 1.93 bits per heavy atom. The first-order valence-corrected chi connectivity index (χ1v) is 10.4. The third kappa shape index (κ3) is 5.28. The van der Waals surface area contributed by atoms with E-state index < -0.39 is 11.6 Å². The van der Waals surface area contributed by atoms with Gasteiger partial charge in [0.1, 0.15) is 16.0 Å². The molecule has 0 atom stereocenters. The van der Waals surface area contributed by atoms with E-state index in [0.29, 0.717) is 32.3 Å². The summed E-state index contributed by atoms with van der Waals surface area (Å²) in [6, 6.07) is 12.5. The Morgan fingerprint density at radius 1 is 1.00 bits per heavy atom. The number of thiocarbonyl (C=S) groups is 1. The lowest BCUT2D eigenvalue weighted by Crippen LogP contribution is -2.39. The number of thioether (sulfide) groups is 1. The molecule has 29 heavy (non-hydrogen) atoms. The summed E-state index contributed by atoms with van der Waals surface area (Å²) in [6.07, 6.45) is 4.83. The zero-order valence-corrected chi connectivity index (χ0v) is 17.2. The highest BCUT2D eigenvalue weighted by molar-refractivity contribution is 8.23. The molecule has 1 aliphatic heterocycles. The molecule has 0 aliphatic carbocycles. The summed E-state index contributed by atoms with van der Waals surface area (Å²) in [4.78, 5) is 14.9. The third-order valence-electron chi connectivity index (χ3n) is 4.36. The van der Waals surface area contributed by atoms with Crippen molar-refractivity contribution in [3.8, 4) is 0 Å². The number of hydrogen-bond acceptors (Lipinski definition) is 3. The number of hydrogen-bond donors (Lipinski definition) is 0. The molecule has 0 bridgehead atoms. The molecule has 0 spiro atoms. The first-order valence-electron chi connectivity index (χ1n) is 8.97. The minimum atomic E-state index is -0.409. The quantitative estimate of drug-likeness (QED) is 0.364. The highest BCUT2D eigenvalue weighted by Crippen LogP contribution is 2.26. The van der Waals surface area contributed by atoms with Crippen LogP contribution in [0.3, 0.4) is 0 Å². The van der Waals surface area contributed by atoms with Crippen LogP contribution in [0.25, 0.3) is 12.2 Å². The molecule has 1 heterocycles. The number of benzene rings is 2. The van der Waals surface area contributed by atoms with E-state index in [0.717, 1.165) is 0 Å². The van der Waals surface area contributed by atoms with Gasteiger partial charge in [-0.1, -0.05) is 66.5 Å². The average Bonchev–Trinajstić information content (AvgIpc) is 2.72. The molecule has 2 aromatic rings. The first-order chi connectivity index (χ1) is 14.0. The van der Waals surface area contributed by atoms with Gasteiger partial charge in [0, 0.05) is 41.1 Å². The van der Waals surface area contributed by atoms with Crippen LogP contribution in [0, 0.1) is 11.6 Å². The molecule has 0 unspecified atom stereocenters. The molecule has 0 N–H and O–H groups in total. The van der Waals surface area contributed by atoms with Crippen molar-refractivity contribution in [2.45, 2.75) is 0 Å². The molecule has 1 saturated heterocycles. The number of nitrogens with zero attached hydrogens (tertiary/aromatic N) is 1. The van der Waals surface area contributed by atoms with Crippen molar-refractivity contribution in [3.63, 3.8) is 0 Å². The lowest BCUT2D eigenvalue weighted by molar-refractivity contribution is -0.113. The molecule has 6 heteroatoms. The van der Waals surface area contributed by atoms with Gasteiger partial charge >= 0.3 is 0 Å². The zero-order valence-electron chi connectivity index (χ0n) is 15.6. The fourth-order valence-electron chi connectivity index (χ4n) is 2.95. The van der Waals surface area contributed by atoms with E-state index in [1.807, 2.05) is 4.90 Å². The van der Waals surface area contributed by atoms with Crippen LogP contribution >= 0.6 is 24.0 Å². The number of rotatable bonds is 4. The number of carbonyl (C=O) groups is 1. The fourth-order valence-corrected chi connectivity index (χ4v) is 3.86. The van der Waals surface area contributed by atoms with Crippen molar-refractivity contribution in [1.82, 2.24) is 4.90 Å². The lowest BCUT2D eigenvalue weighted by Gasteiger charge is -2.31. The molecule has 1 aliphatic rings. The summed E-state index contributed by atoms with van der Waals surface area (Å²) in [6.45, 7) is 4.23. The standard InChI is InChI=1S/C23H19F2NOS2/c1-2-11-29-23(28)26-14-18(12-16-7-3-5-9-20(16)24)22(27)19(15-26)13-17-8-4-6-10-21(17)25/h2-10,12-13H,1,11,14-15H2/b18-12+,19-13+. The molecule has 0 aromatic heterocycles. The number of ketones is 1. The summed E-state index contributed by atoms with van der Waals surface area (Å²) >= 11 is 6.92. The highest BCUT2D eigenvalue weighted by atomic mass is 32.2. The van der Waals surface area contributed by atoms with Gasteiger partial charge in [-0.3, -0.25) is 4.79 Å². The maximum atomic E-state index is 14.1. The van der Waals surface area contributed by atoms with E-state index in [1.54, 1.807) is 54.6 Å². The van der Waals surface area contributed by atoms with E-state index in [2.05, 4.69) is 6.58 Å². The normalized spacial score (nSPS) is 17.0. The topological polar surface area (TPSA) is 20.3 Å². The number of piperidine rings is 1. The first kappa shape index (κ1) is 21.1. The Balaban J connectivity index is 2.00. The van der Waals surface area contributed by atoms with Crippen LogP contribution in [0.2, 0.25) is 0 Å². The molecule has 3 rings (SSSR count). The molecule has 0 amide bonds. The van der Waals surface area contributed by atoms with E-state index in [-0.39, 0.29) is 18.9 Å². The summed E-state index contributed by atoms with van der Waals surface area (Å²) in [5.41, 5.74) is 1.47. The number of likely N-dealkylation sites (tertiary alicyclic amines) is 1. The summed E-state index contributed by atoms with van der Waals surface area (Å²) in [7, 11) is 0. The largest absolute Gasteiger partial charge is 0.349 e. The molecule has 2 nitrogen and oxygen atoms in total. The van der Waals surface area contributed by atoms with Gasteiger partial charge < -0.3 is 4.90 Å². The Labute approximate surface area is 178 Å². The van der Waals surface area contributed by atoms with Crippen LogP contribution in [-0.4, -0.2) is 33.8 Å². The molecule has 2 aromatic carbocycles. The van der Waals surface area contributed by atoms with Crippen molar-refractivity contribution in [2.24, 2.45) is 0 Å². The van der Waals surface area contributed by atoms with E-state index in [1.165, 1.54) is 23.9 Å². The summed E-state index contributed by atoms with van der Waals surface area (Å²) < 4.78 is 28.8. The second-order valence-corrected chi connectivity index (χ2v) is 8.09. The summed E-state index contributed by atoms with van der Waals surface area (Å²) in [5, 5.41) is 0. The second-order valence-electron chi connectivity index (χ2n) is 6.43. The molecule has 1 fully saturated rings. The van der Waals surface area contributed by atoms with Crippen molar-refractivity contribution in [1.29, 1.82) is 0 Å². The maximum absolute atomic E-state index is 14.1. The smallest absolute Gasteiger partial charge is 0.188 e. The van der Waals surface area contributed by atoms with E-state index in [9.17, 15) is 13.6 Å². The number of Topliss-reactive ketones (excluding diaryl/α,β-unsaturated/α-hetero) is 1. The van der Waals surface area contributed by atoms with Gasteiger partial charge in [-0.25, -0.2) is 8.78 Å². The minimum Gasteiger partial charge on any atom is -0.349 e. The highest BCUT2D eigenvalue weighted by Gasteiger charge is 2.28. The lowest BCUT2D eigenvalue weighted by atomic mass is 9.94. The molecule has 0 radical (unpaired) electrons. The number of halogens is 2. The van der Waals surface area contributed by atoms with Crippen molar-refractivity contribution >= 4 is 46.2 Å². The van der Waals surface area contributed by atoms with Gasteiger partial charge in [0.05, 0.1) is 0 Å². The van der Waals surface area contributed by atoms with Gasteiger partial charge in [0.15, 0.2) is 5.78 Å². The Hall–Kier alpha value is -2.57. The van der Waals surface area contributed by atoms with Gasteiger partial charge in [-0.15, -0.1) is 6.58 Å². The molecular formula is C23H19F2NOS2. The minimum absolute atomic E-state index is 0.232. The fraction of sp³-hybridized carbons (Fsp3) is 0.130. The monoisotopic (exact) mass is 427 g/mol. The Bertz CT molecular complexity index is 946. The summed E-state index contributed by atoms with van der Waals surface area (Å²) in [5.74, 6) is -0.409. The van der Waals surface area contributed by atoms with Crippen molar-refractivity contribution in [2.75, 3.05) is 18.8 Å². The van der Waals surface area contributed by atoms with Gasteiger partial charge in [-0.2, -0.15) is 0 Å². The van der Waals surface area contributed by atoms with Crippen LogP contribution in [0.15, 0.2) is 72.3 Å². The van der Waals surface area contributed by atoms with Gasteiger partial charge in [-0.05, 0) is 24.3 Å². The van der Waals surface area contributed by atoms with Crippen LogP contribution in [0.1, 0.15) is 11.1 Å². The van der Waals surface area contributed by atoms with Crippen molar-refractivity contribution < 1.29 is 13.6 Å². The maximum Gasteiger partial charge on any atom is 0.188 e. The van der Waals surface area contributed by atoms with Crippen LogP contribution in [-0.2, 0) is 4.79 Å². The van der Waals surface area contributed by atoms with Crippen molar-refractivity contribution in [3.05, 3.63) is 95.1 Å². The SMILES string of the molecule is C=CCSC(=S)N1C/C(=C\c2ccccc2F)C(=O)/C(=C/c2ccccc2F)C1.